The second-order valence-corrected chi connectivity index (χ2v) is 2.56. The molecular formula is C6H5ClN4O. The van der Waals surface area contributed by atoms with Crippen LogP contribution in [0.2, 0.25) is 5.28 Å². The van der Waals surface area contributed by atoms with Crippen molar-refractivity contribution in [1.82, 2.24) is 19.9 Å². The molecule has 0 aliphatic heterocycles. The molecule has 0 unspecified atom stereocenters. The summed E-state index contributed by atoms with van der Waals surface area (Å²) in [4.78, 5) is 0. The van der Waals surface area contributed by atoms with Gasteiger partial charge in [0, 0.05) is 6.07 Å². The Morgan fingerprint density at radius 1 is 1.58 bits per heavy atom. The first-order valence-corrected chi connectivity index (χ1v) is 3.66. The van der Waals surface area contributed by atoms with Crippen molar-refractivity contribution in [2.24, 2.45) is 0 Å². The third-order valence-electron chi connectivity index (χ3n) is 1.39. The van der Waals surface area contributed by atoms with Crippen molar-refractivity contribution in [2.45, 2.75) is 6.54 Å². The quantitative estimate of drug-likeness (QED) is 0.698. The minimum Gasteiger partial charge on any atom is -0.364 e. The maximum atomic E-state index is 5.69. The van der Waals surface area contributed by atoms with Gasteiger partial charge in [-0.2, -0.15) is 0 Å². The largest absolute Gasteiger partial charge is 0.364 e. The standard InChI is InChI=1S/C6H5ClN4O/c7-6-9-8-4-11(6)3-5-1-2-12-10-5/h1-2,4H,3H2. The van der Waals surface area contributed by atoms with Crippen molar-refractivity contribution in [3.8, 4) is 0 Å². The molecular weight excluding hydrogens is 180 g/mol. The maximum absolute atomic E-state index is 5.69. The lowest BCUT2D eigenvalue weighted by Crippen LogP contribution is -1.98. The molecule has 0 aliphatic carbocycles. The monoisotopic (exact) mass is 184 g/mol. The molecule has 6 heteroatoms. The first-order valence-electron chi connectivity index (χ1n) is 3.29. The highest BCUT2D eigenvalue weighted by Gasteiger charge is 2.02. The van der Waals surface area contributed by atoms with Crippen LogP contribution in [-0.2, 0) is 6.54 Å². The van der Waals surface area contributed by atoms with Gasteiger partial charge < -0.3 is 4.52 Å². The first-order chi connectivity index (χ1) is 5.86. The Bertz CT molecular complexity index is 355. The van der Waals surface area contributed by atoms with Gasteiger partial charge in [-0.25, -0.2) is 0 Å². The van der Waals surface area contributed by atoms with Gasteiger partial charge in [0.15, 0.2) is 0 Å². The highest BCUT2D eigenvalue weighted by Crippen LogP contribution is 2.05. The van der Waals surface area contributed by atoms with Crippen LogP contribution in [0.3, 0.4) is 0 Å². The summed E-state index contributed by atoms with van der Waals surface area (Å²) in [6.07, 6.45) is 3.05. The minimum atomic E-state index is 0.345. The van der Waals surface area contributed by atoms with Crippen LogP contribution in [0.25, 0.3) is 0 Å². The normalized spacial score (nSPS) is 10.4. The van der Waals surface area contributed by atoms with Crippen molar-refractivity contribution in [3.63, 3.8) is 0 Å². The van der Waals surface area contributed by atoms with Crippen molar-refractivity contribution >= 4 is 11.6 Å². The van der Waals surface area contributed by atoms with Gasteiger partial charge in [-0.15, -0.1) is 10.2 Å². The molecule has 0 atom stereocenters. The van der Waals surface area contributed by atoms with E-state index in [2.05, 4.69) is 19.9 Å². The lowest BCUT2D eigenvalue weighted by atomic mass is 10.4. The fourth-order valence-corrected chi connectivity index (χ4v) is 0.988. The van der Waals surface area contributed by atoms with E-state index in [1.54, 1.807) is 10.6 Å². The summed E-state index contributed by atoms with van der Waals surface area (Å²) < 4.78 is 6.32. The van der Waals surface area contributed by atoms with E-state index in [0.717, 1.165) is 5.69 Å². The smallest absolute Gasteiger partial charge is 0.225 e. The predicted octanol–water partition coefficient (Wildman–Crippen LogP) is 0.968. The zero-order valence-corrected chi connectivity index (χ0v) is 6.77. The molecule has 5 nitrogen and oxygen atoms in total. The van der Waals surface area contributed by atoms with E-state index >= 15 is 0 Å². The van der Waals surface area contributed by atoms with Crippen LogP contribution >= 0.6 is 11.6 Å². The van der Waals surface area contributed by atoms with Crippen LogP contribution in [0.5, 0.6) is 0 Å². The summed E-state index contributed by atoms with van der Waals surface area (Å²) in [5, 5.41) is 11.3. The molecule has 2 aromatic rings. The van der Waals surface area contributed by atoms with E-state index in [1.807, 2.05) is 0 Å². The van der Waals surface area contributed by atoms with Crippen LogP contribution in [0.15, 0.2) is 23.2 Å². The van der Waals surface area contributed by atoms with E-state index in [9.17, 15) is 0 Å². The minimum absolute atomic E-state index is 0.345. The van der Waals surface area contributed by atoms with Crippen LogP contribution in [-0.4, -0.2) is 19.9 Å². The van der Waals surface area contributed by atoms with Gasteiger partial charge in [0.05, 0.1) is 6.54 Å². The molecule has 0 N–H and O–H groups in total. The molecule has 0 spiro atoms. The van der Waals surface area contributed by atoms with Gasteiger partial charge in [-0.05, 0) is 11.6 Å². The van der Waals surface area contributed by atoms with Gasteiger partial charge >= 0.3 is 0 Å². The average Bonchev–Trinajstić information content (AvgIpc) is 2.65. The second-order valence-electron chi connectivity index (χ2n) is 2.22. The molecule has 62 valence electrons. The molecule has 0 aromatic carbocycles. The molecule has 2 rings (SSSR count). The third-order valence-corrected chi connectivity index (χ3v) is 1.68. The summed E-state index contributed by atoms with van der Waals surface area (Å²) in [6.45, 7) is 0.530. The van der Waals surface area contributed by atoms with Crippen LogP contribution < -0.4 is 0 Å². The highest BCUT2D eigenvalue weighted by molar-refractivity contribution is 6.28. The van der Waals surface area contributed by atoms with Crippen molar-refractivity contribution in [3.05, 3.63) is 29.6 Å². The molecule has 0 saturated heterocycles. The van der Waals surface area contributed by atoms with Gasteiger partial charge in [0.2, 0.25) is 5.28 Å². The molecule has 12 heavy (non-hydrogen) atoms. The lowest BCUT2D eigenvalue weighted by molar-refractivity contribution is 0.409. The Morgan fingerprint density at radius 2 is 2.50 bits per heavy atom. The molecule has 0 fully saturated rings. The van der Waals surface area contributed by atoms with E-state index < -0.39 is 0 Å². The summed E-state index contributed by atoms with van der Waals surface area (Å²) in [5.74, 6) is 0. The Balaban J connectivity index is 2.20. The van der Waals surface area contributed by atoms with Crippen molar-refractivity contribution in [1.29, 1.82) is 0 Å². The fourth-order valence-electron chi connectivity index (χ4n) is 0.841. The van der Waals surface area contributed by atoms with E-state index in [1.165, 1.54) is 12.6 Å². The Morgan fingerprint density at radius 3 is 3.08 bits per heavy atom. The molecule has 0 amide bonds. The SMILES string of the molecule is Clc1nncn1Cc1ccon1. The van der Waals surface area contributed by atoms with E-state index in [-0.39, 0.29) is 0 Å². The molecule has 0 radical (unpaired) electrons. The lowest BCUT2D eigenvalue weighted by Gasteiger charge is -1.95. The highest BCUT2D eigenvalue weighted by atomic mass is 35.5. The zero-order chi connectivity index (χ0) is 8.39. The summed E-state index contributed by atoms with van der Waals surface area (Å²) in [7, 11) is 0. The number of aromatic nitrogens is 4. The third kappa shape index (κ3) is 1.31. The topological polar surface area (TPSA) is 56.7 Å². The number of hydrogen-bond acceptors (Lipinski definition) is 4. The molecule has 2 aromatic heterocycles. The fraction of sp³-hybridized carbons (Fsp3) is 0.167. The van der Waals surface area contributed by atoms with Gasteiger partial charge in [0.1, 0.15) is 18.3 Å². The van der Waals surface area contributed by atoms with E-state index in [4.69, 9.17) is 11.6 Å². The zero-order valence-electron chi connectivity index (χ0n) is 6.01. The molecule has 0 saturated carbocycles. The number of nitrogens with zero attached hydrogens (tertiary/aromatic N) is 4. The first kappa shape index (κ1) is 7.30. The van der Waals surface area contributed by atoms with Gasteiger partial charge in [-0.3, -0.25) is 4.57 Å². The Hall–Kier alpha value is -1.36. The van der Waals surface area contributed by atoms with Crippen LogP contribution in [0.4, 0.5) is 0 Å². The molecule has 2 heterocycles. The number of rotatable bonds is 2. The predicted molar refractivity (Wildman–Crippen MR) is 40.6 cm³/mol. The number of halogens is 1. The maximum Gasteiger partial charge on any atom is 0.225 e. The molecule has 0 aliphatic rings. The average molecular weight is 185 g/mol. The van der Waals surface area contributed by atoms with Gasteiger partial charge in [-0.1, -0.05) is 5.16 Å². The summed E-state index contributed by atoms with van der Waals surface area (Å²) in [6, 6.07) is 1.76. The van der Waals surface area contributed by atoms with Crippen LogP contribution in [0.1, 0.15) is 5.69 Å². The Labute approximate surface area is 72.9 Å². The Kier molecular flexibility index (Phi) is 1.79. The molecule has 0 bridgehead atoms. The summed E-state index contributed by atoms with van der Waals surface area (Å²) in [5.41, 5.74) is 0.789. The van der Waals surface area contributed by atoms with Crippen molar-refractivity contribution < 1.29 is 4.52 Å². The van der Waals surface area contributed by atoms with Crippen molar-refractivity contribution in [2.75, 3.05) is 0 Å². The van der Waals surface area contributed by atoms with Crippen LogP contribution in [0, 0.1) is 0 Å². The van der Waals surface area contributed by atoms with E-state index in [0.29, 0.717) is 11.8 Å². The number of hydrogen-bond donors (Lipinski definition) is 0. The summed E-state index contributed by atoms with van der Waals surface area (Å²) >= 11 is 5.69. The second kappa shape index (κ2) is 2.94. The van der Waals surface area contributed by atoms with Gasteiger partial charge in [0.25, 0.3) is 0 Å².